The van der Waals surface area contributed by atoms with Crippen LogP contribution in [0.5, 0.6) is 0 Å². The maximum atomic E-state index is 12.2. The van der Waals surface area contributed by atoms with E-state index < -0.39 is 0 Å². The molecule has 1 amide bonds. The van der Waals surface area contributed by atoms with Gasteiger partial charge in [-0.15, -0.1) is 24.2 Å². The summed E-state index contributed by atoms with van der Waals surface area (Å²) in [6.45, 7) is 4.31. The van der Waals surface area contributed by atoms with E-state index in [0.717, 1.165) is 29.8 Å². The molecule has 0 unspecified atom stereocenters. The maximum absolute atomic E-state index is 12.2. The molecule has 0 aromatic heterocycles. The van der Waals surface area contributed by atoms with Crippen molar-refractivity contribution in [1.82, 2.24) is 0 Å². The molecule has 0 aliphatic heterocycles. The monoisotopic (exact) mass is 328 g/mol. The van der Waals surface area contributed by atoms with E-state index >= 15 is 0 Å². The molecule has 1 saturated carbocycles. The molecule has 1 fully saturated rings. The lowest BCUT2D eigenvalue weighted by Crippen LogP contribution is -2.28. The molecule has 0 radical (unpaired) electrons. The molecule has 1 aliphatic carbocycles. The topological polar surface area (TPSA) is 55.1 Å². The van der Waals surface area contributed by atoms with E-state index in [0.29, 0.717) is 17.6 Å². The number of nitrogens with two attached hydrogens (primary N) is 1. The molecule has 0 saturated heterocycles. The molecular formula is C16H25ClN2OS. The standard InChI is InChI=1S/C16H24N2OS.ClH/c1-11(2)20-15-9-4-3-8-14(15)18-16(19)10-12-6-5-7-13(12)17;/h3-4,8-9,11-13H,5-7,10,17H2,1-2H3,(H,18,19);1H/t12-,13+;/m0./s1. The zero-order chi connectivity index (χ0) is 14.5. The van der Waals surface area contributed by atoms with E-state index in [1.807, 2.05) is 18.2 Å². The van der Waals surface area contributed by atoms with Crippen molar-refractivity contribution in [2.75, 3.05) is 5.32 Å². The number of carbonyl (C=O) groups excluding carboxylic acids is 1. The van der Waals surface area contributed by atoms with Crippen LogP contribution in [-0.4, -0.2) is 17.2 Å². The summed E-state index contributed by atoms with van der Waals surface area (Å²) in [6.07, 6.45) is 3.83. The number of nitrogens with one attached hydrogen (secondary N) is 1. The number of amides is 1. The van der Waals surface area contributed by atoms with Gasteiger partial charge < -0.3 is 11.1 Å². The minimum absolute atomic E-state index is 0. The molecule has 2 rings (SSSR count). The molecule has 3 nitrogen and oxygen atoms in total. The summed E-state index contributed by atoms with van der Waals surface area (Å²) >= 11 is 1.77. The number of carbonyl (C=O) groups is 1. The smallest absolute Gasteiger partial charge is 0.224 e. The number of benzene rings is 1. The Bertz CT molecular complexity index is 467. The predicted molar refractivity (Wildman–Crippen MR) is 93.2 cm³/mol. The highest BCUT2D eigenvalue weighted by Gasteiger charge is 2.26. The molecule has 21 heavy (non-hydrogen) atoms. The van der Waals surface area contributed by atoms with Crippen molar-refractivity contribution in [3.8, 4) is 0 Å². The van der Waals surface area contributed by atoms with Crippen LogP contribution in [-0.2, 0) is 4.79 Å². The van der Waals surface area contributed by atoms with E-state index in [9.17, 15) is 4.79 Å². The average Bonchev–Trinajstić information content (AvgIpc) is 2.77. The van der Waals surface area contributed by atoms with Gasteiger partial charge in [-0.25, -0.2) is 0 Å². The molecule has 3 N–H and O–H groups in total. The number of anilines is 1. The van der Waals surface area contributed by atoms with Gasteiger partial charge in [-0.2, -0.15) is 0 Å². The summed E-state index contributed by atoms with van der Waals surface area (Å²) in [6, 6.07) is 8.19. The highest BCUT2D eigenvalue weighted by atomic mass is 35.5. The van der Waals surface area contributed by atoms with Gasteiger partial charge in [0.05, 0.1) is 5.69 Å². The summed E-state index contributed by atoms with van der Waals surface area (Å²) in [7, 11) is 0. The first kappa shape index (κ1) is 18.3. The van der Waals surface area contributed by atoms with Gasteiger partial charge in [0.2, 0.25) is 5.91 Å². The lowest BCUT2D eigenvalue weighted by atomic mass is 10.00. The SMILES string of the molecule is CC(C)Sc1ccccc1NC(=O)C[C@@H]1CCC[C@H]1N.Cl. The number of halogens is 1. The fraction of sp³-hybridized carbons (Fsp3) is 0.562. The van der Waals surface area contributed by atoms with E-state index in [1.54, 1.807) is 11.8 Å². The van der Waals surface area contributed by atoms with E-state index in [-0.39, 0.29) is 24.4 Å². The zero-order valence-electron chi connectivity index (χ0n) is 12.7. The normalized spacial score (nSPS) is 21.1. The van der Waals surface area contributed by atoms with E-state index in [2.05, 4.69) is 25.2 Å². The summed E-state index contributed by atoms with van der Waals surface area (Å²) < 4.78 is 0. The molecule has 0 bridgehead atoms. The van der Waals surface area contributed by atoms with Crippen LogP contribution in [0.25, 0.3) is 0 Å². The molecule has 1 aliphatic rings. The van der Waals surface area contributed by atoms with Crippen molar-refractivity contribution in [2.45, 2.75) is 55.7 Å². The quantitative estimate of drug-likeness (QED) is 0.801. The minimum Gasteiger partial charge on any atom is -0.327 e. The first-order valence-corrected chi connectivity index (χ1v) is 8.25. The summed E-state index contributed by atoms with van der Waals surface area (Å²) in [5.41, 5.74) is 6.95. The first-order valence-electron chi connectivity index (χ1n) is 7.37. The van der Waals surface area contributed by atoms with Gasteiger partial charge in [0.25, 0.3) is 0 Å². The van der Waals surface area contributed by atoms with Crippen molar-refractivity contribution < 1.29 is 4.79 Å². The van der Waals surface area contributed by atoms with Crippen LogP contribution in [0.4, 0.5) is 5.69 Å². The Labute approximate surface area is 137 Å². The molecule has 118 valence electrons. The van der Waals surface area contributed by atoms with Crippen LogP contribution >= 0.6 is 24.2 Å². The summed E-state index contributed by atoms with van der Waals surface area (Å²) in [5.74, 6) is 0.434. The largest absolute Gasteiger partial charge is 0.327 e. The van der Waals surface area contributed by atoms with Gasteiger partial charge in [0.1, 0.15) is 0 Å². The first-order chi connectivity index (χ1) is 9.56. The Morgan fingerprint density at radius 1 is 1.38 bits per heavy atom. The Hall–Kier alpha value is -0.710. The molecule has 1 aromatic carbocycles. The number of hydrogen-bond donors (Lipinski definition) is 2. The predicted octanol–water partition coefficient (Wildman–Crippen LogP) is 4.06. The number of thioether (sulfide) groups is 1. The second-order valence-electron chi connectivity index (χ2n) is 5.77. The third-order valence-corrected chi connectivity index (χ3v) is 4.77. The van der Waals surface area contributed by atoms with Crippen LogP contribution in [0.2, 0.25) is 0 Å². The fourth-order valence-corrected chi connectivity index (χ4v) is 3.60. The van der Waals surface area contributed by atoms with Crippen molar-refractivity contribution in [2.24, 2.45) is 11.7 Å². The van der Waals surface area contributed by atoms with Gasteiger partial charge in [-0.05, 0) is 30.9 Å². The Morgan fingerprint density at radius 2 is 2.10 bits per heavy atom. The van der Waals surface area contributed by atoms with Crippen LogP contribution in [0.1, 0.15) is 39.5 Å². The molecule has 2 atom stereocenters. The van der Waals surface area contributed by atoms with Crippen LogP contribution in [0, 0.1) is 5.92 Å². The second kappa shape index (κ2) is 8.66. The highest BCUT2D eigenvalue weighted by Crippen LogP contribution is 2.31. The highest BCUT2D eigenvalue weighted by molar-refractivity contribution is 8.00. The van der Waals surface area contributed by atoms with Crippen molar-refractivity contribution in [3.63, 3.8) is 0 Å². The third kappa shape index (κ3) is 5.53. The van der Waals surface area contributed by atoms with Crippen molar-refractivity contribution in [1.29, 1.82) is 0 Å². The van der Waals surface area contributed by atoms with E-state index in [1.165, 1.54) is 0 Å². The molecular weight excluding hydrogens is 304 g/mol. The van der Waals surface area contributed by atoms with Gasteiger partial charge in [0, 0.05) is 22.6 Å². The number of rotatable bonds is 5. The van der Waals surface area contributed by atoms with Gasteiger partial charge in [-0.1, -0.05) is 32.4 Å². The Morgan fingerprint density at radius 3 is 2.71 bits per heavy atom. The zero-order valence-corrected chi connectivity index (χ0v) is 14.3. The van der Waals surface area contributed by atoms with Crippen LogP contribution in [0.3, 0.4) is 0 Å². The fourth-order valence-electron chi connectivity index (χ4n) is 2.68. The number of hydrogen-bond acceptors (Lipinski definition) is 3. The number of para-hydroxylation sites is 1. The lowest BCUT2D eigenvalue weighted by Gasteiger charge is -2.16. The molecule has 0 spiro atoms. The van der Waals surface area contributed by atoms with Crippen molar-refractivity contribution >= 4 is 35.8 Å². The lowest BCUT2D eigenvalue weighted by molar-refractivity contribution is -0.117. The average molecular weight is 329 g/mol. The van der Waals surface area contributed by atoms with Crippen LogP contribution < -0.4 is 11.1 Å². The molecule has 0 heterocycles. The van der Waals surface area contributed by atoms with Gasteiger partial charge in [-0.3, -0.25) is 4.79 Å². The Kier molecular flexibility index (Phi) is 7.57. The second-order valence-corrected chi connectivity index (χ2v) is 7.39. The molecule has 5 heteroatoms. The summed E-state index contributed by atoms with van der Waals surface area (Å²) in [5, 5.41) is 3.54. The minimum atomic E-state index is 0. The molecule has 1 aromatic rings. The van der Waals surface area contributed by atoms with Gasteiger partial charge in [0.15, 0.2) is 0 Å². The van der Waals surface area contributed by atoms with E-state index in [4.69, 9.17) is 5.73 Å². The van der Waals surface area contributed by atoms with Crippen molar-refractivity contribution in [3.05, 3.63) is 24.3 Å². The Balaban J connectivity index is 0.00000220. The summed E-state index contributed by atoms with van der Waals surface area (Å²) in [4.78, 5) is 13.3. The van der Waals surface area contributed by atoms with Gasteiger partial charge >= 0.3 is 0 Å². The third-order valence-electron chi connectivity index (χ3n) is 3.69. The maximum Gasteiger partial charge on any atom is 0.224 e. The van der Waals surface area contributed by atoms with Crippen LogP contribution in [0.15, 0.2) is 29.2 Å².